The minimum Gasteiger partial charge on any atom is -0.455 e. The summed E-state index contributed by atoms with van der Waals surface area (Å²) in [5.74, 6) is 1.34. The van der Waals surface area contributed by atoms with Crippen molar-refractivity contribution in [2.24, 2.45) is 0 Å². The maximum Gasteiger partial charge on any atom is 0.276 e. The summed E-state index contributed by atoms with van der Waals surface area (Å²) in [6, 6.07) is 5.72. The Hall–Kier alpha value is -2.08. The Bertz CT molecular complexity index is 736. The number of amides is 1. The molecule has 0 unspecified atom stereocenters. The van der Waals surface area contributed by atoms with Crippen molar-refractivity contribution in [2.75, 3.05) is 0 Å². The van der Waals surface area contributed by atoms with Crippen LogP contribution in [0, 0.1) is 0 Å². The molecular formula is C21H28N2O4. The molecule has 0 saturated heterocycles. The van der Waals surface area contributed by atoms with Gasteiger partial charge in [-0.15, -0.1) is 0 Å². The van der Waals surface area contributed by atoms with Crippen LogP contribution in [0.5, 0.6) is 0 Å². The Labute approximate surface area is 159 Å². The molecule has 146 valence electrons. The van der Waals surface area contributed by atoms with Crippen LogP contribution in [-0.4, -0.2) is 33.2 Å². The molecule has 6 nitrogen and oxygen atoms in total. The molecule has 1 amide bonds. The molecule has 2 aliphatic rings. The van der Waals surface area contributed by atoms with Gasteiger partial charge in [-0.1, -0.05) is 43.7 Å². The Morgan fingerprint density at radius 2 is 1.63 bits per heavy atom. The second kappa shape index (κ2) is 8.30. The van der Waals surface area contributed by atoms with E-state index in [9.17, 15) is 4.79 Å². The lowest BCUT2D eigenvalue weighted by molar-refractivity contribution is 0.0438. The lowest BCUT2D eigenvalue weighted by Crippen LogP contribution is -2.48. The van der Waals surface area contributed by atoms with Crippen molar-refractivity contribution in [1.82, 2.24) is 10.1 Å². The van der Waals surface area contributed by atoms with Crippen molar-refractivity contribution in [3.63, 3.8) is 0 Å². The summed E-state index contributed by atoms with van der Waals surface area (Å²) in [4.78, 5) is 15.5. The lowest BCUT2D eigenvalue weighted by atomic mass is 9.88. The second-order valence-corrected chi connectivity index (χ2v) is 7.80. The van der Waals surface area contributed by atoms with Gasteiger partial charge in [-0.05, 0) is 37.8 Å². The predicted octanol–water partition coefficient (Wildman–Crippen LogP) is 4.53. The Morgan fingerprint density at radius 3 is 2.19 bits per heavy atom. The molecule has 27 heavy (non-hydrogen) atoms. The van der Waals surface area contributed by atoms with Crippen molar-refractivity contribution in [3.8, 4) is 11.5 Å². The van der Waals surface area contributed by atoms with E-state index in [0.29, 0.717) is 35.1 Å². The van der Waals surface area contributed by atoms with E-state index in [1.807, 2.05) is 0 Å². The van der Waals surface area contributed by atoms with Crippen LogP contribution in [0.15, 0.2) is 27.1 Å². The van der Waals surface area contributed by atoms with Crippen molar-refractivity contribution < 1.29 is 18.8 Å². The van der Waals surface area contributed by atoms with Gasteiger partial charge in [-0.25, -0.2) is 0 Å². The highest BCUT2D eigenvalue weighted by Gasteiger charge is 2.34. The molecule has 2 fully saturated rings. The number of aliphatic hydroxyl groups is 1. The normalized spacial score (nSPS) is 19.3. The fourth-order valence-corrected chi connectivity index (χ4v) is 4.57. The molecule has 2 heterocycles. The van der Waals surface area contributed by atoms with E-state index >= 15 is 0 Å². The third kappa shape index (κ3) is 3.95. The molecule has 0 atom stereocenters. The average Bonchev–Trinajstić information content (AvgIpc) is 3.39. The summed E-state index contributed by atoms with van der Waals surface area (Å²) < 4.78 is 10.9. The molecular weight excluding hydrogens is 344 g/mol. The average molecular weight is 372 g/mol. The third-order valence-electron chi connectivity index (χ3n) is 5.96. The Balaban J connectivity index is 1.57. The van der Waals surface area contributed by atoms with Crippen LogP contribution < -0.4 is 0 Å². The van der Waals surface area contributed by atoms with Crippen molar-refractivity contribution in [1.29, 1.82) is 0 Å². The molecule has 2 aromatic heterocycles. The summed E-state index contributed by atoms with van der Waals surface area (Å²) in [7, 11) is 0. The first-order valence-corrected chi connectivity index (χ1v) is 10.3. The van der Waals surface area contributed by atoms with Crippen LogP contribution in [0.1, 0.15) is 80.5 Å². The number of aromatic nitrogens is 1. The predicted molar refractivity (Wildman–Crippen MR) is 100 cm³/mol. The molecule has 1 N–H and O–H groups in total. The van der Waals surface area contributed by atoms with Gasteiger partial charge in [-0.3, -0.25) is 4.79 Å². The Morgan fingerprint density at radius 1 is 1.00 bits per heavy atom. The van der Waals surface area contributed by atoms with Crippen molar-refractivity contribution in [3.05, 3.63) is 29.7 Å². The third-order valence-corrected chi connectivity index (χ3v) is 5.96. The van der Waals surface area contributed by atoms with Crippen LogP contribution in [0.4, 0.5) is 0 Å². The zero-order valence-electron chi connectivity index (χ0n) is 15.7. The quantitative estimate of drug-likeness (QED) is 0.834. The molecule has 2 saturated carbocycles. The summed E-state index contributed by atoms with van der Waals surface area (Å²) >= 11 is 0. The van der Waals surface area contributed by atoms with Crippen molar-refractivity contribution in [2.45, 2.75) is 82.9 Å². The van der Waals surface area contributed by atoms with Crippen LogP contribution in [0.2, 0.25) is 0 Å². The molecule has 2 aliphatic carbocycles. The van der Waals surface area contributed by atoms with E-state index in [1.165, 1.54) is 38.5 Å². The van der Waals surface area contributed by atoms with Gasteiger partial charge in [0.15, 0.2) is 11.5 Å². The summed E-state index contributed by atoms with van der Waals surface area (Å²) in [5, 5.41) is 13.2. The molecule has 6 heteroatoms. The van der Waals surface area contributed by atoms with Gasteiger partial charge in [0.2, 0.25) is 5.76 Å². The van der Waals surface area contributed by atoms with Crippen LogP contribution in [-0.2, 0) is 6.61 Å². The number of furan rings is 1. The highest BCUT2D eigenvalue weighted by atomic mass is 16.5. The minimum atomic E-state index is -0.170. The zero-order chi connectivity index (χ0) is 18.6. The second-order valence-electron chi connectivity index (χ2n) is 7.80. The SMILES string of the molecule is O=C(c1cc(-c2ccc(CO)o2)on1)N(C1CCCCC1)C1CCCCC1. The van der Waals surface area contributed by atoms with E-state index in [-0.39, 0.29) is 12.5 Å². The lowest BCUT2D eigenvalue weighted by Gasteiger charge is -2.41. The summed E-state index contributed by atoms with van der Waals surface area (Å²) in [5.41, 5.74) is 0.350. The number of carbonyl (C=O) groups is 1. The van der Waals surface area contributed by atoms with Gasteiger partial charge in [0.25, 0.3) is 5.91 Å². The number of hydrogen-bond acceptors (Lipinski definition) is 5. The van der Waals surface area contributed by atoms with E-state index in [4.69, 9.17) is 14.0 Å². The fraction of sp³-hybridized carbons (Fsp3) is 0.619. The van der Waals surface area contributed by atoms with Gasteiger partial charge in [0.05, 0.1) is 0 Å². The van der Waals surface area contributed by atoms with Gasteiger partial charge >= 0.3 is 0 Å². The van der Waals surface area contributed by atoms with E-state index in [2.05, 4.69) is 10.1 Å². The number of nitrogens with zero attached hydrogens (tertiary/aromatic N) is 2. The Kier molecular flexibility index (Phi) is 5.62. The molecule has 0 aromatic carbocycles. The van der Waals surface area contributed by atoms with Crippen molar-refractivity contribution >= 4 is 5.91 Å². The van der Waals surface area contributed by atoms with Gasteiger partial charge in [-0.2, -0.15) is 0 Å². The highest BCUT2D eigenvalue weighted by Crippen LogP contribution is 2.32. The zero-order valence-corrected chi connectivity index (χ0v) is 15.7. The first kappa shape index (κ1) is 18.3. The van der Waals surface area contributed by atoms with Crippen LogP contribution in [0.3, 0.4) is 0 Å². The van der Waals surface area contributed by atoms with Gasteiger partial charge in [0.1, 0.15) is 12.4 Å². The first-order chi connectivity index (χ1) is 13.3. The molecule has 2 aromatic rings. The molecule has 0 aliphatic heterocycles. The summed E-state index contributed by atoms with van der Waals surface area (Å²) in [6.07, 6.45) is 11.7. The highest BCUT2D eigenvalue weighted by molar-refractivity contribution is 5.93. The fourth-order valence-electron chi connectivity index (χ4n) is 4.57. The molecule has 4 rings (SSSR count). The summed E-state index contributed by atoms with van der Waals surface area (Å²) in [6.45, 7) is -0.170. The van der Waals surface area contributed by atoms with E-state index < -0.39 is 0 Å². The maximum absolute atomic E-state index is 13.4. The maximum atomic E-state index is 13.4. The van der Waals surface area contributed by atoms with Gasteiger partial charge in [0, 0.05) is 18.2 Å². The molecule has 0 spiro atoms. The number of hydrogen-bond donors (Lipinski definition) is 1. The minimum absolute atomic E-state index is 0.0160. The standard InChI is InChI=1S/C21H28N2O4/c24-14-17-11-12-19(26-17)20-13-18(22-27-20)21(25)23(15-7-3-1-4-8-15)16-9-5-2-6-10-16/h11-13,15-16,24H,1-10,14H2. The largest absolute Gasteiger partial charge is 0.455 e. The van der Waals surface area contributed by atoms with Crippen LogP contribution >= 0.6 is 0 Å². The molecule has 0 radical (unpaired) electrons. The number of rotatable bonds is 5. The number of carbonyl (C=O) groups excluding carboxylic acids is 1. The monoisotopic (exact) mass is 372 g/mol. The first-order valence-electron chi connectivity index (χ1n) is 10.3. The van der Waals surface area contributed by atoms with E-state index in [0.717, 1.165) is 25.7 Å². The van der Waals surface area contributed by atoms with E-state index in [1.54, 1.807) is 18.2 Å². The topological polar surface area (TPSA) is 79.7 Å². The molecule has 0 bridgehead atoms. The van der Waals surface area contributed by atoms with Crippen LogP contribution in [0.25, 0.3) is 11.5 Å². The number of aliphatic hydroxyl groups excluding tert-OH is 1. The van der Waals surface area contributed by atoms with Gasteiger partial charge < -0.3 is 18.9 Å². The smallest absolute Gasteiger partial charge is 0.276 e.